The van der Waals surface area contributed by atoms with E-state index in [1.165, 1.54) is 0 Å². The standard InChI is InChI=1S/C22H17ClN4O4/c23-20-12-11-17(13-24-20)14-25-15-22(27(29)30,18-7-3-1-4-8-18)26(16-25)21(28)31-19-9-5-2-6-10-19/h1-13H,14-15H2. The van der Waals surface area contributed by atoms with Gasteiger partial charge in [-0.2, -0.15) is 0 Å². The first-order chi connectivity index (χ1) is 15.0. The zero-order chi connectivity index (χ0) is 21.8. The molecular weight excluding hydrogens is 420 g/mol. The minimum Gasteiger partial charge on any atom is -0.410 e. The maximum Gasteiger partial charge on any atom is 0.422 e. The summed E-state index contributed by atoms with van der Waals surface area (Å²) in [5.74, 6) is 0.278. The van der Waals surface area contributed by atoms with Gasteiger partial charge in [-0.25, -0.2) is 14.7 Å². The maximum absolute atomic E-state index is 13.0. The number of para-hydroxylation sites is 1. The summed E-state index contributed by atoms with van der Waals surface area (Å²) in [6, 6.07) is 20.1. The van der Waals surface area contributed by atoms with Gasteiger partial charge in [0.25, 0.3) is 0 Å². The van der Waals surface area contributed by atoms with Crippen molar-refractivity contribution < 1.29 is 14.5 Å². The summed E-state index contributed by atoms with van der Waals surface area (Å²) in [7, 11) is 0. The molecule has 1 fully saturated rings. The lowest BCUT2D eigenvalue weighted by atomic mass is 9.99. The summed E-state index contributed by atoms with van der Waals surface area (Å²) in [5.41, 5.74) is -0.790. The van der Waals surface area contributed by atoms with Crippen molar-refractivity contribution >= 4 is 17.7 Å². The topological polar surface area (TPSA) is 88.8 Å². The van der Waals surface area contributed by atoms with Gasteiger partial charge < -0.3 is 4.74 Å². The molecule has 1 unspecified atom stereocenters. The van der Waals surface area contributed by atoms with Crippen molar-refractivity contribution in [2.24, 2.45) is 0 Å². The molecule has 1 aromatic heterocycles. The molecule has 3 aromatic rings. The lowest BCUT2D eigenvalue weighted by Crippen LogP contribution is -2.52. The Morgan fingerprint density at radius 1 is 1.13 bits per heavy atom. The van der Waals surface area contributed by atoms with Crippen LogP contribution in [0.1, 0.15) is 11.1 Å². The summed E-state index contributed by atoms with van der Waals surface area (Å²) in [4.78, 5) is 31.5. The van der Waals surface area contributed by atoms with Crippen LogP contribution in [-0.2, 0) is 12.2 Å². The highest BCUT2D eigenvalue weighted by atomic mass is 35.5. The van der Waals surface area contributed by atoms with Crippen LogP contribution in [-0.4, -0.2) is 32.3 Å². The minimum absolute atomic E-state index is 0.115. The van der Waals surface area contributed by atoms with E-state index in [1.54, 1.807) is 83.9 Å². The first kappa shape index (κ1) is 20.8. The van der Waals surface area contributed by atoms with Gasteiger partial charge in [0.15, 0.2) is 6.67 Å². The lowest BCUT2D eigenvalue weighted by Gasteiger charge is -2.28. The molecule has 156 valence electrons. The molecule has 2 heterocycles. The van der Waals surface area contributed by atoms with Gasteiger partial charge in [-0.1, -0.05) is 54.1 Å². The third-order valence-corrected chi connectivity index (χ3v) is 5.08. The van der Waals surface area contributed by atoms with Crippen molar-refractivity contribution in [3.8, 4) is 5.75 Å². The first-order valence-electron chi connectivity index (χ1n) is 9.38. The van der Waals surface area contributed by atoms with E-state index >= 15 is 0 Å². The van der Waals surface area contributed by atoms with Gasteiger partial charge in [0.05, 0.1) is 17.0 Å². The number of carbonyl (C=O) groups excluding carboxylic acids is 1. The van der Waals surface area contributed by atoms with Crippen molar-refractivity contribution in [2.75, 3.05) is 6.54 Å². The van der Waals surface area contributed by atoms with Gasteiger partial charge in [-0.3, -0.25) is 15.0 Å². The van der Waals surface area contributed by atoms with Crippen LogP contribution in [0.3, 0.4) is 0 Å². The number of carbonyl (C=O) groups is 1. The van der Waals surface area contributed by atoms with E-state index < -0.39 is 16.7 Å². The Morgan fingerprint density at radius 3 is 2.42 bits per heavy atom. The van der Waals surface area contributed by atoms with Crippen LogP contribution >= 0.6 is 11.6 Å². The summed E-state index contributed by atoms with van der Waals surface area (Å²) >= 11 is 5.84. The fourth-order valence-corrected chi connectivity index (χ4v) is 3.52. The van der Waals surface area contributed by atoms with Crippen LogP contribution in [0.4, 0.5) is 4.79 Å². The Labute approximate surface area is 183 Å². The molecule has 0 bridgehead atoms. The molecule has 0 aliphatic carbocycles. The first-order valence-corrected chi connectivity index (χ1v) is 9.75. The van der Waals surface area contributed by atoms with Crippen molar-refractivity contribution in [2.45, 2.75) is 12.2 Å². The summed E-state index contributed by atoms with van der Waals surface area (Å²) in [6.45, 7) is 2.97. The fourth-order valence-electron chi connectivity index (χ4n) is 3.41. The lowest BCUT2D eigenvalue weighted by molar-refractivity contribution is -0.598. The molecule has 1 atom stereocenters. The molecule has 31 heavy (non-hydrogen) atoms. The molecule has 0 spiro atoms. The van der Waals surface area contributed by atoms with E-state index in [2.05, 4.69) is 11.7 Å². The van der Waals surface area contributed by atoms with Crippen LogP contribution in [0, 0.1) is 16.8 Å². The Balaban J connectivity index is 1.68. The van der Waals surface area contributed by atoms with Crippen molar-refractivity contribution in [1.29, 1.82) is 0 Å². The molecule has 4 rings (SSSR count). The Bertz CT molecular complexity index is 1070. The maximum atomic E-state index is 13.0. The van der Waals surface area contributed by atoms with Gasteiger partial charge >= 0.3 is 11.8 Å². The monoisotopic (exact) mass is 436 g/mol. The van der Waals surface area contributed by atoms with Crippen molar-refractivity contribution in [3.63, 3.8) is 0 Å². The summed E-state index contributed by atoms with van der Waals surface area (Å²) < 4.78 is 5.40. The Hall–Kier alpha value is -3.49. The average Bonchev–Trinajstić information content (AvgIpc) is 3.17. The van der Waals surface area contributed by atoms with Crippen LogP contribution in [0.15, 0.2) is 79.0 Å². The Morgan fingerprint density at radius 2 is 1.81 bits per heavy atom. The molecule has 1 saturated heterocycles. The molecule has 0 saturated carbocycles. The highest BCUT2D eigenvalue weighted by molar-refractivity contribution is 6.29. The quantitative estimate of drug-likeness (QED) is 0.338. The van der Waals surface area contributed by atoms with Gasteiger partial charge in [0, 0.05) is 12.7 Å². The summed E-state index contributed by atoms with van der Waals surface area (Å²) in [5, 5.41) is 12.7. The van der Waals surface area contributed by atoms with E-state index in [9.17, 15) is 14.9 Å². The van der Waals surface area contributed by atoms with E-state index in [0.29, 0.717) is 10.7 Å². The largest absolute Gasteiger partial charge is 0.422 e. The normalized spacial score (nSPS) is 18.7. The number of amides is 1. The SMILES string of the molecule is O=C(Oc1ccccc1)N1[C]N(Cc2ccc(Cl)nc2)CC1(c1ccccc1)[N+](=O)[O-]. The minimum atomic E-state index is -1.90. The zero-order valence-electron chi connectivity index (χ0n) is 16.2. The molecule has 0 N–H and O–H groups in total. The molecule has 8 nitrogen and oxygen atoms in total. The van der Waals surface area contributed by atoms with Crippen molar-refractivity contribution in [3.05, 3.63) is 112 Å². The zero-order valence-corrected chi connectivity index (χ0v) is 17.0. The molecular formula is C22H17ClN4O4. The smallest absolute Gasteiger partial charge is 0.410 e. The second kappa shape index (κ2) is 8.71. The van der Waals surface area contributed by atoms with Gasteiger partial charge in [0.1, 0.15) is 10.9 Å². The molecule has 1 aliphatic heterocycles. The third kappa shape index (κ3) is 4.21. The average molecular weight is 437 g/mol. The number of rotatable bonds is 5. The number of nitrogens with zero attached hydrogens (tertiary/aromatic N) is 4. The van der Waals surface area contributed by atoms with E-state index in [0.717, 1.165) is 10.5 Å². The second-order valence-corrected chi connectivity index (χ2v) is 7.29. The number of ether oxygens (including phenoxy) is 1. The van der Waals surface area contributed by atoms with E-state index in [-0.39, 0.29) is 18.8 Å². The van der Waals surface area contributed by atoms with E-state index in [4.69, 9.17) is 16.3 Å². The molecule has 1 amide bonds. The second-order valence-electron chi connectivity index (χ2n) is 6.90. The molecule has 2 aromatic carbocycles. The molecule has 9 heteroatoms. The fraction of sp³-hybridized carbons (Fsp3) is 0.136. The Kier molecular flexibility index (Phi) is 5.83. The van der Waals surface area contributed by atoms with Crippen LogP contribution in [0.2, 0.25) is 5.15 Å². The summed E-state index contributed by atoms with van der Waals surface area (Å²) in [6.07, 6.45) is 0.675. The number of hydrogen-bond donors (Lipinski definition) is 0. The molecule has 2 radical (unpaired) electrons. The van der Waals surface area contributed by atoms with Gasteiger partial charge in [-0.15, -0.1) is 0 Å². The van der Waals surface area contributed by atoms with Gasteiger partial charge in [0.2, 0.25) is 0 Å². The predicted molar refractivity (Wildman–Crippen MR) is 112 cm³/mol. The highest BCUT2D eigenvalue weighted by Gasteiger charge is 2.60. The van der Waals surface area contributed by atoms with E-state index in [1.807, 2.05) is 0 Å². The number of pyridine rings is 1. The number of halogens is 1. The third-order valence-electron chi connectivity index (χ3n) is 4.85. The number of aromatic nitrogens is 1. The highest BCUT2D eigenvalue weighted by Crippen LogP contribution is 2.39. The number of nitro groups is 1. The van der Waals surface area contributed by atoms with Crippen LogP contribution < -0.4 is 4.74 Å². The van der Waals surface area contributed by atoms with Crippen LogP contribution in [0.25, 0.3) is 0 Å². The number of benzene rings is 2. The predicted octanol–water partition coefficient (Wildman–Crippen LogP) is 4.18. The van der Waals surface area contributed by atoms with Gasteiger partial charge in [-0.05, 0) is 35.9 Å². The number of hydrogen-bond acceptors (Lipinski definition) is 6. The van der Waals surface area contributed by atoms with Crippen molar-refractivity contribution in [1.82, 2.24) is 14.8 Å². The van der Waals surface area contributed by atoms with Crippen LogP contribution in [0.5, 0.6) is 5.75 Å². The molecule has 1 aliphatic rings.